The lowest BCUT2D eigenvalue weighted by Gasteiger charge is -2.37. The standard InChI is InChI=1S/C24H29N3O3/c1-17(2)18-6-5-7-20(14-18)27-16-19(15-23(27)29)24(30)26-12-10-25(11-13-26)21-8-3-4-9-22(21)28/h3-9,14,17,19,28H,10-13,15-16H2,1-2H3. The smallest absolute Gasteiger partial charge is 0.228 e. The molecule has 2 aromatic rings. The average molecular weight is 408 g/mol. The zero-order chi connectivity index (χ0) is 21.3. The largest absolute Gasteiger partial charge is 0.506 e. The van der Waals surface area contributed by atoms with Crippen LogP contribution in [0.4, 0.5) is 11.4 Å². The van der Waals surface area contributed by atoms with Gasteiger partial charge in [-0.1, -0.05) is 38.1 Å². The lowest BCUT2D eigenvalue weighted by atomic mass is 10.0. The minimum atomic E-state index is -0.295. The SMILES string of the molecule is CC(C)c1cccc(N2CC(C(=O)N3CCN(c4ccccc4O)CC3)CC2=O)c1. The van der Waals surface area contributed by atoms with Gasteiger partial charge in [-0.25, -0.2) is 0 Å². The molecule has 6 nitrogen and oxygen atoms in total. The Kier molecular flexibility index (Phi) is 5.66. The third kappa shape index (κ3) is 3.99. The molecule has 0 radical (unpaired) electrons. The number of piperazine rings is 1. The lowest BCUT2D eigenvalue weighted by molar-refractivity contribution is -0.136. The van der Waals surface area contributed by atoms with Gasteiger partial charge in [0.1, 0.15) is 5.75 Å². The van der Waals surface area contributed by atoms with Crippen molar-refractivity contribution in [2.75, 3.05) is 42.5 Å². The Hall–Kier alpha value is -3.02. The van der Waals surface area contributed by atoms with Gasteiger partial charge in [0.15, 0.2) is 0 Å². The van der Waals surface area contributed by atoms with Crippen LogP contribution in [0.1, 0.15) is 31.7 Å². The first-order valence-electron chi connectivity index (χ1n) is 10.7. The van der Waals surface area contributed by atoms with Gasteiger partial charge in [0.05, 0.1) is 11.6 Å². The highest BCUT2D eigenvalue weighted by Gasteiger charge is 2.38. The fourth-order valence-electron chi connectivity index (χ4n) is 4.33. The summed E-state index contributed by atoms with van der Waals surface area (Å²) in [6, 6.07) is 15.3. The number of phenols is 1. The highest BCUT2D eigenvalue weighted by molar-refractivity contribution is 6.00. The van der Waals surface area contributed by atoms with Crippen LogP contribution in [0.3, 0.4) is 0 Å². The summed E-state index contributed by atoms with van der Waals surface area (Å²) in [5, 5.41) is 10.1. The Balaban J connectivity index is 1.39. The molecule has 6 heteroatoms. The number of nitrogens with zero attached hydrogens (tertiary/aromatic N) is 3. The van der Waals surface area contributed by atoms with Crippen LogP contribution in [-0.4, -0.2) is 54.5 Å². The van der Waals surface area contributed by atoms with Crippen LogP contribution in [0, 0.1) is 5.92 Å². The fourth-order valence-corrected chi connectivity index (χ4v) is 4.33. The maximum atomic E-state index is 13.1. The van der Waals surface area contributed by atoms with Crippen molar-refractivity contribution < 1.29 is 14.7 Å². The molecule has 1 atom stereocenters. The average Bonchev–Trinajstić information content (AvgIpc) is 3.15. The molecule has 1 N–H and O–H groups in total. The zero-order valence-electron chi connectivity index (χ0n) is 17.6. The van der Waals surface area contributed by atoms with Crippen molar-refractivity contribution in [3.05, 3.63) is 54.1 Å². The van der Waals surface area contributed by atoms with E-state index in [9.17, 15) is 14.7 Å². The van der Waals surface area contributed by atoms with Crippen LogP contribution in [0.5, 0.6) is 5.75 Å². The Labute approximate surface area is 177 Å². The Morgan fingerprint density at radius 3 is 2.47 bits per heavy atom. The van der Waals surface area contributed by atoms with Crippen LogP contribution in [0.15, 0.2) is 48.5 Å². The van der Waals surface area contributed by atoms with Crippen molar-refractivity contribution in [3.8, 4) is 5.75 Å². The summed E-state index contributed by atoms with van der Waals surface area (Å²) in [7, 11) is 0. The molecular weight excluding hydrogens is 378 g/mol. The van der Waals surface area contributed by atoms with Crippen molar-refractivity contribution in [1.29, 1.82) is 0 Å². The number of carbonyl (C=O) groups excluding carboxylic acids is 2. The molecule has 0 spiro atoms. The topological polar surface area (TPSA) is 64.1 Å². The summed E-state index contributed by atoms with van der Waals surface area (Å²) in [5.41, 5.74) is 2.87. The summed E-state index contributed by atoms with van der Waals surface area (Å²) in [6.07, 6.45) is 0.268. The minimum Gasteiger partial charge on any atom is -0.506 e. The third-order valence-corrected chi connectivity index (χ3v) is 6.14. The van der Waals surface area contributed by atoms with Gasteiger partial charge in [0, 0.05) is 44.8 Å². The van der Waals surface area contributed by atoms with Crippen molar-refractivity contribution in [2.24, 2.45) is 5.92 Å². The summed E-state index contributed by atoms with van der Waals surface area (Å²) in [6.45, 7) is 7.24. The zero-order valence-corrected chi connectivity index (χ0v) is 17.6. The number of carbonyl (C=O) groups is 2. The molecule has 2 aliphatic rings. The summed E-state index contributed by atoms with van der Waals surface area (Å²) >= 11 is 0. The molecule has 1 unspecified atom stereocenters. The van der Waals surface area contributed by atoms with E-state index < -0.39 is 0 Å². The van der Waals surface area contributed by atoms with Crippen molar-refractivity contribution in [2.45, 2.75) is 26.2 Å². The van der Waals surface area contributed by atoms with E-state index in [0.717, 1.165) is 11.4 Å². The second-order valence-electron chi connectivity index (χ2n) is 8.46. The van der Waals surface area contributed by atoms with E-state index in [1.54, 1.807) is 17.0 Å². The molecule has 4 rings (SSSR count). The second-order valence-corrected chi connectivity index (χ2v) is 8.46. The summed E-state index contributed by atoms with van der Waals surface area (Å²) in [5.74, 6) is 0.431. The molecule has 30 heavy (non-hydrogen) atoms. The third-order valence-electron chi connectivity index (χ3n) is 6.14. The minimum absolute atomic E-state index is 0.0158. The van der Waals surface area contributed by atoms with Gasteiger partial charge < -0.3 is 19.8 Å². The molecule has 2 aromatic carbocycles. The highest BCUT2D eigenvalue weighted by atomic mass is 16.3. The highest BCUT2D eigenvalue weighted by Crippen LogP contribution is 2.30. The molecule has 2 saturated heterocycles. The molecular formula is C24H29N3O3. The second kappa shape index (κ2) is 8.38. The Bertz CT molecular complexity index is 935. The monoisotopic (exact) mass is 407 g/mol. The van der Waals surface area contributed by atoms with E-state index in [1.165, 1.54) is 5.56 Å². The van der Waals surface area contributed by atoms with E-state index >= 15 is 0 Å². The Morgan fingerprint density at radius 2 is 1.77 bits per heavy atom. The lowest BCUT2D eigenvalue weighted by Crippen LogP contribution is -2.50. The van der Waals surface area contributed by atoms with Crippen molar-refractivity contribution in [1.82, 2.24) is 4.90 Å². The molecule has 0 aromatic heterocycles. The maximum absolute atomic E-state index is 13.1. The number of hydrogen-bond donors (Lipinski definition) is 1. The van der Waals surface area contributed by atoms with Crippen LogP contribution in [-0.2, 0) is 9.59 Å². The normalized spacial score (nSPS) is 19.6. The molecule has 2 heterocycles. The molecule has 2 aliphatic heterocycles. The number of hydrogen-bond acceptors (Lipinski definition) is 4. The molecule has 158 valence electrons. The van der Waals surface area contributed by atoms with E-state index in [0.29, 0.717) is 38.6 Å². The molecule has 0 saturated carbocycles. The number of aromatic hydroxyl groups is 1. The van der Waals surface area contributed by atoms with E-state index in [2.05, 4.69) is 30.9 Å². The van der Waals surface area contributed by atoms with Gasteiger partial charge in [0.2, 0.25) is 11.8 Å². The predicted octanol–water partition coefficient (Wildman–Crippen LogP) is 3.22. The first-order valence-corrected chi connectivity index (χ1v) is 10.7. The molecule has 2 amide bonds. The van der Waals surface area contributed by atoms with E-state index in [1.807, 2.05) is 29.2 Å². The van der Waals surface area contributed by atoms with Crippen molar-refractivity contribution >= 4 is 23.2 Å². The number of phenolic OH excluding ortho intramolecular Hbond substituents is 1. The van der Waals surface area contributed by atoms with Crippen LogP contribution < -0.4 is 9.80 Å². The first kappa shape index (κ1) is 20.3. The molecule has 0 bridgehead atoms. The maximum Gasteiger partial charge on any atom is 0.228 e. The Morgan fingerprint density at radius 1 is 1.03 bits per heavy atom. The number of benzene rings is 2. The van der Waals surface area contributed by atoms with Gasteiger partial charge >= 0.3 is 0 Å². The number of anilines is 2. The van der Waals surface area contributed by atoms with Gasteiger partial charge in [-0.15, -0.1) is 0 Å². The van der Waals surface area contributed by atoms with Crippen LogP contribution in [0.2, 0.25) is 0 Å². The predicted molar refractivity (Wildman–Crippen MR) is 118 cm³/mol. The van der Waals surface area contributed by atoms with Crippen LogP contribution in [0.25, 0.3) is 0 Å². The van der Waals surface area contributed by atoms with Gasteiger partial charge in [-0.2, -0.15) is 0 Å². The number of para-hydroxylation sites is 2. The van der Waals surface area contributed by atoms with Crippen LogP contribution >= 0.6 is 0 Å². The number of rotatable bonds is 4. The van der Waals surface area contributed by atoms with Gasteiger partial charge in [-0.3, -0.25) is 9.59 Å². The molecule has 0 aliphatic carbocycles. The quantitative estimate of drug-likeness (QED) is 0.845. The van der Waals surface area contributed by atoms with Gasteiger partial charge in [0.25, 0.3) is 0 Å². The van der Waals surface area contributed by atoms with E-state index in [-0.39, 0.29) is 29.9 Å². The summed E-state index contributed by atoms with van der Waals surface area (Å²) in [4.78, 5) is 31.5. The first-order chi connectivity index (χ1) is 14.4. The molecule has 2 fully saturated rings. The van der Waals surface area contributed by atoms with Gasteiger partial charge in [-0.05, 0) is 35.7 Å². The number of amides is 2. The van der Waals surface area contributed by atoms with E-state index in [4.69, 9.17) is 0 Å². The van der Waals surface area contributed by atoms with Crippen molar-refractivity contribution in [3.63, 3.8) is 0 Å². The fraction of sp³-hybridized carbons (Fsp3) is 0.417. The summed E-state index contributed by atoms with van der Waals surface area (Å²) < 4.78 is 0.